The molecule has 0 aliphatic rings. The zero-order valence-corrected chi connectivity index (χ0v) is 15.8. The summed E-state index contributed by atoms with van der Waals surface area (Å²) in [6.45, 7) is 7.50. The fraction of sp³-hybridized carbons (Fsp3) is 0.316. The van der Waals surface area contributed by atoms with Crippen LogP contribution in [-0.4, -0.2) is 20.9 Å². The molecule has 0 atom stereocenters. The Morgan fingerprint density at radius 2 is 1.48 bits per heavy atom. The van der Waals surface area contributed by atoms with Gasteiger partial charge in [-0.25, -0.2) is 13.1 Å². The maximum atomic E-state index is 12.5. The maximum Gasteiger partial charge on any atom is 0.241 e. The lowest BCUT2D eigenvalue weighted by Gasteiger charge is -2.13. The molecule has 0 aromatic heterocycles. The Kier molecular flexibility index (Phi) is 5.98. The minimum absolute atomic E-state index is 0.240. The van der Waals surface area contributed by atoms with Crippen LogP contribution >= 0.6 is 0 Å². The highest BCUT2D eigenvalue weighted by atomic mass is 32.2. The van der Waals surface area contributed by atoms with E-state index in [1.807, 2.05) is 50.2 Å². The van der Waals surface area contributed by atoms with E-state index in [0.717, 1.165) is 16.7 Å². The van der Waals surface area contributed by atoms with Crippen molar-refractivity contribution in [1.29, 1.82) is 0 Å². The van der Waals surface area contributed by atoms with Gasteiger partial charge in [-0.2, -0.15) is 0 Å². The van der Waals surface area contributed by atoms with Crippen LogP contribution < -0.4 is 10.0 Å². The van der Waals surface area contributed by atoms with Crippen molar-refractivity contribution in [2.75, 3.05) is 6.54 Å². The summed E-state index contributed by atoms with van der Waals surface area (Å²) in [5, 5.41) is 2.71. The third-order valence-electron chi connectivity index (χ3n) is 3.91. The van der Waals surface area contributed by atoms with Crippen molar-refractivity contribution in [3.63, 3.8) is 0 Å². The van der Waals surface area contributed by atoms with Crippen molar-refractivity contribution in [3.05, 3.63) is 64.2 Å². The normalized spacial score (nSPS) is 11.4. The van der Waals surface area contributed by atoms with Crippen molar-refractivity contribution in [3.8, 4) is 0 Å². The number of sulfonamides is 1. The molecule has 0 aliphatic heterocycles. The first-order valence-electron chi connectivity index (χ1n) is 8.09. The van der Waals surface area contributed by atoms with E-state index in [1.54, 1.807) is 13.8 Å². The molecule has 134 valence electrons. The van der Waals surface area contributed by atoms with Crippen LogP contribution in [0.25, 0.3) is 0 Å². The Hall–Kier alpha value is -2.18. The Morgan fingerprint density at radius 3 is 2.04 bits per heavy atom. The molecule has 0 aliphatic carbocycles. The Labute approximate surface area is 149 Å². The lowest BCUT2D eigenvalue weighted by molar-refractivity contribution is -0.120. The van der Waals surface area contributed by atoms with E-state index in [-0.39, 0.29) is 17.3 Å². The van der Waals surface area contributed by atoms with Crippen molar-refractivity contribution >= 4 is 15.9 Å². The predicted molar refractivity (Wildman–Crippen MR) is 98.9 cm³/mol. The van der Waals surface area contributed by atoms with Crippen LogP contribution in [0.1, 0.15) is 27.8 Å². The summed E-state index contributed by atoms with van der Waals surface area (Å²) >= 11 is 0. The van der Waals surface area contributed by atoms with Crippen LogP contribution in [0.2, 0.25) is 0 Å². The fourth-order valence-electron chi connectivity index (χ4n) is 2.79. The summed E-state index contributed by atoms with van der Waals surface area (Å²) in [7, 11) is -3.73. The van der Waals surface area contributed by atoms with Gasteiger partial charge in [0.15, 0.2) is 0 Å². The highest BCUT2D eigenvalue weighted by Crippen LogP contribution is 2.21. The van der Waals surface area contributed by atoms with Gasteiger partial charge < -0.3 is 5.32 Å². The second-order valence-corrected chi connectivity index (χ2v) is 8.02. The quantitative estimate of drug-likeness (QED) is 0.831. The first-order chi connectivity index (χ1) is 11.7. The lowest BCUT2D eigenvalue weighted by atomic mass is 10.1. The van der Waals surface area contributed by atoms with Gasteiger partial charge in [-0.05, 0) is 44.4 Å². The third kappa shape index (κ3) is 5.14. The molecule has 2 rings (SSSR count). The number of hydrogen-bond donors (Lipinski definition) is 2. The average Bonchev–Trinajstić information content (AvgIpc) is 2.51. The second-order valence-electron chi connectivity index (χ2n) is 6.31. The Morgan fingerprint density at radius 1 is 0.920 bits per heavy atom. The minimum Gasteiger partial charge on any atom is -0.351 e. The summed E-state index contributed by atoms with van der Waals surface area (Å²) < 4.78 is 27.4. The largest absolute Gasteiger partial charge is 0.351 e. The first-order valence-corrected chi connectivity index (χ1v) is 9.57. The van der Waals surface area contributed by atoms with Gasteiger partial charge in [0, 0.05) is 6.54 Å². The molecule has 0 heterocycles. The summed E-state index contributed by atoms with van der Waals surface area (Å²) in [4.78, 5) is 12.2. The molecule has 5 nitrogen and oxygen atoms in total. The number of benzene rings is 2. The van der Waals surface area contributed by atoms with Gasteiger partial charge in [0.2, 0.25) is 15.9 Å². The van der Waals surface area contributed by atoms with Crippen LogP contribution in [0.15, 0.2) is 41.3 Å². The molecule has 25 heavy (non-hydrogen) atoms. The maximum absolute atomic E-state index is 12.5. The van der Waals surface area contributed by atoms with E-state index < -0.39 is 10.0 Å². The molecule has 0 fully saturated rings. The smallest absolute Gasteiger partial charge is 0.241 e. The van der Waals surface area contributed by atoms with Gasteiger partial charge in [0.05, 0.1) is 11.4 Å². The molecule has 1 amide bonds. The van der Waals surface area contributed by atoms with Crippen molar-refractivity contribution in [1.82, 2.24) is 10.0 Å². The van der Waals surface area contributed by atoms with Crippen molar-refractivity contribution in [2.45, 2.75) is 39.1 Å². The lowest BCUT2D eigenvalue weighted by Crippen LogP contribution is -2.37. The zero-order chi connectivity index (χ0) is 18.6. The molecular formula is C19H24N2O3S. The van der Waals surface area contributed by atoms with E-state index >= 15 is 0 Å². The van der Waals surface area contributed by atoms with Gasteiger partial charge in [-0.15, -0.1) is 0 Å². The molecule has 0 saturated heterocycles. The van der Waals surface area contributed by atoms with Crippen LogP contribution in [0.4, 0.5) is 0 Å². The van der Waals surface area contributed by atoms with Crippen LogP contribution in [-0.2, 0) is 21.4 Å². The van der Waals surface area contributed by atoms with Crippen LogP contribution in [0, 0.1) is 27.7 Å². The van der Waals surface area contributed by atoms with Crippen molar-refractivity contribution < 1.29 is 13.2 Å². The van der Waals surface area contributed by atoms with E-state index in [4.69, 9.17) is 0 Å². The minimum atomic E-state index is -3.73. The standard InChI is InChI=1S/C19H24N2O3S/c1-13-5-7-17(8-6-13)11-20-18(22)12-21-25(23,24)19-15(3)9-14(2)10-16(19)4/h5-10,21H,11-12H2,1-4H3,(H,20,22). The first kappa shape index (κ1) is 19.1. The van der Waals surface area contributed by atoms with Gasteiger partial charge in [0.1, 0.15) is 0 Å². The van der Waals surface area contributed by atoms with Crippen LogP contribution in [0.5, 0.6) is 0 Å². The Balaban J connectivity index is 1.97. The van der Waals surface area contributed by atoms with Crippen molar-refractivity contribution in [2.24, 2.45) is 0 Å². The Bertz CT molecular complexity index is 849. The highest BCUT2D eigenvalue weighted by Gasteiger charge is 2.20. The highest BCUT2D eigenvalue weighted by molar-refractivity contribution is 7.89. The average molecular weight is 360 g/mol. The molecule has 0 saturated carbocycles. The van der Waals surface area contributed by atoms with Crippen LogP contribution in [0.3, 0.4) is 0 Å². The second kappa shape index (κ2) is 7.80. The van der Waals surface area contributed by atoms with Gasteiger partial charge in [-0.1, -0.05) is 47.5 Å². The van der Waals surface area contributed by atoms with Gasteiger partial charge in [-0.3, -0.25) is 4.79 Å². The van der Waals surface area contributed by atoms with E-state index in [1.165, 1.54) is 0 Å². The third-order valence-corrected chi connectivity index (χ3v) is 5.61. The van der Waals surface area contributed by atoms with E-state index in [2.05, 4.69) is 10.0 Å². The number of amides is 1. The number of rotatable bonds is 6. The van der Waals surface area contributed by atoms with Gasteiger partial charge >= 0.3 is 0 Å². The summed E-state index contributed by atoms with van der Waals surface area (Å²) in [6, 6.07) is 11.4. The molecule has 2 N–H and O–H groups in total. The number of aryl methyl sites for hydroxylation is 4. The number of carbonyl (C=O) groups excluding carboxylic acids is 1. The molecule has 0 bridgehead atoms. The molecule has 0 unspecified atom stereocenters. The number of hydrogen-bond acceptors (Lipinski definition) is 3. The monoisotopic (exact) mass is 360 g/mol. The molecule has 2 aromatic rings. The fourth-order valence-corrected chi connectivity index (χ4v) is 4.22. The van der Waals surface area contributed by atoms with Gasteiger partial charge in [0.25, 0.3) is 0 Å². The molecular weight excluding hydrogens is 336 g/mol. The molecule has 0 spiro atoms. The van der Waals surface area contributed by atoms with E-state index in [9.17, 15) is 13.2 Å². The molecule has 0 radical (unpaired) electrons. The summed E-state index contributed by atoms with van der Waals surface area (Å²) in [6.07, 6.45) is 0. The summed E-state index contributed by atoms with van der Waals surface area (Å²) in [5.41, 5.74) is 4.46. The number of nitrogens with one attached hydrogen (secondary N) is 2. The summed E-state index contributed by atoms with van der Waals surface area (Å²) in [5.74, 6) is -0.369. The topological polar surface area (TPSA) is 75.3 Å². The molecule has 2 aromatic carbocycles. The molecule has 6 heteroatoms. The SMILES string of the molecule is Cc1ccc(CNC(=O)CNS(=O)(=O)c2c(C)cc(C)cc2C)cc1. The zero-order valence-electron chi connectivity index (χ0n) is 15.0. The number of carbonyl (C=O) groups is 1. The predicted octanol–water partition coefficient (Wildman–Crippen LogP) is 2.51. The van der Waals surface area contributed by atoms with E-state index in [0.29, 0.717) is 17.7 Å².